The van der Waals surface area contributed by atoms with E-state index in [4.69, 9.17) is 31.2 Å². The van der Waals surface area contributed by atoms with Gasteiger partial charge in [0.2, 0.25) is 5.75 Å². The summed E-state index contributed by atoms with van der Waals surface area (Å²) in [6.07, 6.45) is 2.56. The molecule has 29 heavy (non-hydrogen) atoms. The number of methoxy groups -OCH3 is 2. The molecule has 1 aromatic rings. The fourth-order valence-corrected chi connectivity index (χ4v) is 2.91. The van der Waals surface area contributed by atoms with Crippen LogP contribution in [-0.2, 0) is 9.53 Å². The van der Waals surface area contributed by atoms with Crippen molar-refractivity contribution in [1.82, 2.24) is 15.6 Å². The second kappa shape index (κ2) is 12.2. The highest BCUT2D eigenvalue weighted by Gasteiger charge is 2.15. The molecule has 1 fully saturated rings. The number of nitrogens with one attached hydrogen (secondary N) is 2. The smallest absolute Gasteiger partial charge is 0.308 e. The van der Waals surface area contributed by atoms with Crippen molar-refractivity contribution >= 4 is 29.5 Å². The molecule has 1 aromatic carbocycles. The summed E-state index contributed by atoms with van der Waals surface area (Å²) in [5, 5.41) is 7.70. The van der Waals surface area contributed by atoms with Crippen molar-refractivity contribution in [3.63, 3.8) is 0 Å². The Labute approximate surface area is 176 Å². The molecule has 2 rings (SSSR count). The number of esters is 1. The number of carbonyl (C=O) groups excluding carboxylic acids is 1. The molecule has 10 heteroatoms. The Morgan fingerprint density at radius 1 is 1.28 bits per heavy atom. The maximum absolute atomic E-state index is 11.3. The first-order valence-corrected chi connectivity index (χ1v) is 9.75. The van der Waals surface area contributed by atoms with Crippen LogP contribution in [0.15, 0.2) is 17.2 Å². The summed E-state index contributed by atoms with van der Waals surface area (Å²) in [5.41, 5.74) is 3.47. The van der Waals surface area contributed by atoms with E-state index in [1.807, 2.05) is 0 Å². The lowest BCUT2D eigenvalue weighted by Gasteiger charge is -2.26. The van der Waals surface area contributed by atoms with Crippen LogP contribution in [0.25, 0.3) is 0 Å². The number of carbonyl (C=O) groups is 1. The second-order valence-electron chi connectivity index (χ2n) is 6.28. The molecule has 0 saturated carbocycles. The monoisotopic (exact) mass is 424 g/mol. The van der Waals surface area contributed by atoms with Gasteiger partial charge in [0, 0.05) is 32.1 Å². The van der Waals surface area contributed by atoms with Crippen LogP contribution in [0, 0.1) is 0 Å². The first-order valence-electron chi connectivity index (χ1n) is 9.35. The van der Waals surface area contributed by atoms with Gasteiger partial charge >= 0.3 is 5.97 Å². The number of nitrogens with zero attached hydrogens (tertiary/aromatic N) is 2. The number of hydrogen-bond donors (Lipinski definition) is 2. The van der Waals surface area contributed by atoms with Gasteiger partial charge in [0.15, 0.2) is 16.6 Å². The molecule has 0 radical (unpaired) electrons. The molecule has 0 amide bonds. The van der Waals surface area contributed by atoms with Crippen LogP contribution in [0.4, 0.5) is 0 Å². The predicted octanol–water partition coefficient (Wildman–Crippen LogP) is 1.15. The highest BCUT2D eigenvalue weighted by Crippen LogP contribution is 2.38. The van der Waals surface area contributed by atoms with E-state index in [9.17, 15) is 4.79 Å². The van der Waals surface area contributed by atoms with Crippen LogP contribution < -0.4 is 25.0 Å². The van der Waals surface area contributed by atoms with Crippen molar-refractivity contribution in [2.75, 3.05) is 53.6 Å². The molecular formula is C19H28N4O5S. The zero-order chi connectivity index (χ0) is 21.1. The SMILES string of the molecule is COc1cc(/C=N/NC(=S)NCCCN2CCOCC2)cc(OC)c1OC(C)=O. The normalized spacial score (nSPS) is 14.4. The highest BCUT2D eigenvalue weighted by molar-refractivity contribution is 7.80. The van der Waals surface area contributed by atoms with E-state index in [0.717, 1.165) is 45.8 Å². The molecule has 1 aliphatic heterocycles. The van der Waals surface area contributed by atoms with Gasteiger partial charge in [-0.15, -0.1) is 0 Å². The topological polar surface area (TPSA) is 93.7 Å². The maximum atomic E-state index is 11.3. The van der Waals surface area contributed by atoms with Crippen molar-refractivity contribution < 1.29 is 23.7 Å². The van der Waals surface area contributed by atoms with E-state index >= 15 is 0 Å². The van der Waals surface area contributed by atoms with E-state index in [1.165, 1.54) is 21.1 Å². The van der Waals surface area contributed by atoms with Crippen molar-refractivity contribution in [1.29, 1.82) is 0 Å². The van der Waals surface area contributed by atoms with Gasteiger partial charge in [-0.25, -0.2) is 0 Å². The summed E-state index contributed by atoms with van der Waals surface area (Å²) in [7, 11) is 2.97. The zero-order valence-corrected chi connectivity index (χ0v) is 17.8. The van der Waals surface area contributed by atoms with Gasteiger partial charge in [-0.2, -0.15) is 5.10 Å². The Balaban J connectivity index is 1.82. The molecule has 0 atom stereocenters. The number of benzene rings is 1. The number of thiocarbonyl (C=S) groups is 1. The third-order valence-corrected chi connectivity index (χ3v) is 4.38. The average molecular weight is 425 g/mol. The van der Waals surface area contributed by atoms with Crippen molar-refractivity contribution in [2.24, 2.45) is 5.10 Å². The summed E-state index contributed by atoms with van der Waals surface area (Å²) >= 11 is 5.23. The first-order chi connectivity index (χ1) is 14.0. The summed E-state index contributed by atoms with van der Waals surface area (Å²) in [5.74, 6) is 0.495. The van der Waals surface area contributed by atoms with Gasteiger partial charge in [0.25, 0.3) is 0 Å². The molecule has 0 bridgehead atoms. The van der Waals surface area contributed by atoms with Crippen LogP contribution in [0.5, 0.6) is 17.2 Å². The van der Waals surface area contributed by atoms with Crippen LogP contribution in [0.2, 0.25) is 0 Å². The van der Waals surface area contributed by atoms with E-state index in [0.29, 0.717) is 22.2 Å². The summed E-state index contributed by atoms with van der Waals surface area (Å²) < 4.78 is 21.1. The lowest BCUT2D eigenvalue weighted by Crippen LogP contribution is -2.39. The summed E-state index contributed by atoms with van der Waals surface area (Å²) in [4.78, 5) is 13.7. The molecule has 2 N–H and O–H groups in total. The maximum Gasteiger partial charge on any atom is 0.308 e. The minimum absolute atomic E-state index is 0.227. The third kappa shape index (κ3) is 7.84. The van der Waals surface area contributed by atoms with Gasteiger partial charge in [-0.1, -0.05) is 0 Å². The average Bonchev–Trinajstić information content (AvgIpc) is 2.72. The summed E-state index contributed by atoms with van der Waals surface area (Å²) in [6, 6.07) is 3.37. The van der Waals surface area contributed by atoms with Gasteiger partial charge in [-0.3, -0.25) is 15.1 Å². The van der Waals surface area contributed by atoms with Crippen molar-refractivity contribution in [2.45, 2.75) is 13.3 Å². The third-order valence-electron chi connectivity index (χ3n) is 4.15. The molecular weight excluding hydrogens is 396 g/mol. The van der Waals surface area contributed by atoms with Crippen LogP contribution in [0.3, 0.4) is 0 Å². The highest BCUT2D eigenvalue weighted by atomic mass is 32.1. The largest absolute Gasteiger partial charge is 0.493 e. The molecule has 0 unspecified atom stereocenters. The lowest BCUT2D eigenvalue weighted by molar-refractivity contribution is -0.132. The van der Waals surface area contributed by atoms with E-state index in [1.54, 1.807) is 18.3 Å². The lowest BCUT2D eigenvalue weighted by atomic mass is 10.2. The van der Waals surface area contributed by atoms with Crippen molar-refractivity contribution in [3.05, 3.63) is 17.7 Å². The number of hydrogen-bond acceptors (Lipinski definition) is 8. The van der Waals surface area contributed by atoms with Crippen LogP contribution in [0.1, 0.15) is 18.9 Å². The fraction of sp³-hybridized carbons (Fsp3) is 0.526. The first kappa shape index (κ1) is 22.9. The molecule has 0 aromatic heterocycles. The number of hydrazone groups is 1. The Morgan fingerprint density at radius 3 is 2.52 bits per heavy atom. The molecule has 0 spiro atoms. The van der Waals surface area contributed by atoms with Crippen LogP contribution in [-0.4, -0.2) is 75.8 Å². The van der Waals surface area contributed by atoms with E-state index in [2.05, 4.69) is 20.7 Å². The minimum Gasteiger partial charge on any atom is -0.493 e. The molecule has 0 aliphatic carbocycles. The molecule has 160 valence electrons. The Morgan fingerprint density at radius 2 is 1.93 bits per heavy atom. The molecule has 1 aliphatic rings. The van der Waals surface area contributed by atoms with E-state index < -0.39 is 5.97 Å². The van der Waals surface area contributed by atoms with Gasteiger partial charge in [-0.05, 0) is 37.3 Å². The number of rotatable bonds is 9. The Kier molecular flexibility index (Phi) is 9.62. The number of morpholine rings is 1. The van der Waals surface area contributed by atoms with Gasteiger partial charge in [0.1, 0.15) is 0 Å². The Bertz CT molecular complexity index is 698. The molecule has 1 saturated heterocycles. The standard InChI is InChI=1S/C19H28N4O5S/c1-14(24)28-18-16(25-2)11-15(12-17(18)26-3)13-21-22-19(29)20-5-4-6-23-7-9-27-10-8-23/h11-13H,4-10H2,1-3H3,(H2,20,22,29)/b21-13+. The Hall–Kier alpha value is -2.43. The quantitative estimate of drug-likeness (QED) is 0.151. The molecule has 9 nitrogen and oxygen atoms in total. The van der Waals surface area contributed by atoms with Crippen LogP contribution >= 0.6 is 12.2 Å². The second-order valence-corrected chi connectivity index (χ2v) is 6.69. The van der Waals surface area contributed by atoms with Crippen molar-refractivity contribution in [3.8, 4) is 17.2 Å². The van der Waals surface area contributed by atoms with Gasteiger partial charge < -0.3 is 24.3 Å². The zero-order valence-electron chi connectivity index (χ0n) is 17.0. The van der Waals surface area contributed by atoms with E-state index in [-0.39, 0.29) is 5.75 Å². The predicted molar refractivity (Wildman–Crippen MR) is 114 cm³/mol. The molecule has 1 heterocycles. The van der Waals surface area contributed by atoms with Gasteiger partial charge in [0.05, 0.1) is 33.6 Å². The summed E-state index contributed by atoms with van der Waals surface area (Å²) in [6.45, 7) is 6.66. The fourth-order valence-electron chi connectivity index (χ4n) is 2.75. The minimum atomic E-state index is -0.463. The number of ether oxygens (including phenoxy) is 4.